The SMILES string of the molecule is CC(N)Cc1ccc2ccn(Cc3ncccn3)c2c1. The molecule has 3 rings (SSSR count). The Bertz CT molecular complexity index is 701. The number of benzene rings is 1. The molecule has 3 aromatic rings. The van der Waals surface area contributed by atoms with Crippen molar-refractivity contribution < 1.29 is 0 Å². The van der Waals surface area contributed by atoms with E-state index >= 15 is 0 Å². The molecular formula is C16H18N4. The summed E-state index contributed by atoms with van der Waals surface area (Å²) in [6.45, 7) is 2.72. The van der Waals surface area contributed by atoms with E-state index in [9.17, 15) is 0 Å². The smallest absolute Gasteiger partial charge is 0.147 e. The minimum Gasteiger partial charge on any atom is -0.340 e. The lowest BCUT2D eigenvalue weighted by Crippen LogP contribution is -2.17. The molecular weight excluding hydrogens is 248 g/mol. The Morgan fingerprint density at radius 1 is 1.20 bits per heavy atom. The molecule has 0 amide bonds. The van der Waals surface area contributed by atoms with E-state index in [0.29, 0.717) is 6.54 Å². The Morgan fingerprint density at radius 2 is 2.00 bits per heavy atom. The van der Waals surface area contributed by atoms with Gasteiger partial charge < -0.3 is 10.3 Å². The highest BCUT2D eigenvalue weighted by atomic mass is 15.0. The zero-order valence-electron chi connectivity index (χ0n) is 11.5. The predicted octanol–water partition coefficient (Wildman–Crippen LogP) is 2.37. The molecule has 20 heavy (non-hydrogen) atoms. The average molecular weight is 266 g/mol. The van der Waals surface area contributed by atoms with Gasteiger partial charge in [-0.25, -0.2) is 9.97 Å². The molecule has 0 fully saturated rings. The molecule has 4 nitrogen and oxygen atoms in total. The maximum Gasteiger partial charge on any atom is 0.147 e. The molecule has 0 aliphatic rings. The number of hydrogen-bond donors (Lipinski definition) is 1. The largest absolute Gasteiger partial charge is 0.340 e. The van der Waals surface area contributed by atoms with Gasteiger partial charge in [-0.05, 0) is 42.5 Å². The first kappa shape index (κ1) is 12.8. The number of nitrogens with zero attached hydrogens (tertiary/aromatic N) is 3. The van der Waals surface area contributed by atoms with E-state index in [0.717, 1.165) is 12.2 Å². The van der Waals surface area contributed by atoms with Gasteiger partial charge >= 0.3 is 0 Å². The Morgan fingerprint density at radius 3 is 2.75 bits per heavy atom. The van der Waals surface area contributed by atoms with Gasteiger partial charge in [0.05, 0.1) is 6.54 Å². The van der Waals surface area contributed by atoms with Crippen LogP contribution in [0.1, 0.15) is 18.3 Å². The van der Waals surface area contributed by atoms with Crippen LogP contribution in [0.2, 0.25) is 0 Å². The monoisotopic (exact) mass is 266 g/mol. The zero-order chi connectivity index (χ0) is 13.9. The number of nitrogens with two attached hydrogens (primary N) is 1. The molecule has 2 aromatic heterocycles. The molecule has 2 N–H and O–H groups in total. The fraction of sp³-hybridized carbons (Fsp3) is 0.250. The molecule has 1 atom stereocenters. The lowest BCUT2D eigenvalue weighted by molar-refractivity contribution is 0.736. The molecule has 102 valence electrons. The third-order valence-corrected chi connectivity index (χ3v) is 3.33. The van der Waals surface area contributed by atoms with E-state index in [2.05, 4.69) is 45.0 Å². The van der Waals surface area contributed by atoms with Gasteiger partial charge in [0.15, 0.2) is 0 Å². The third kappa shape index (κ3) is 2.70. The molecule has 0 radical (unpaired) electrons. The van der Waals surface area contributed by atoms with Crippen LogP contribution in [0.5, 0.6) is 0 Å². The predicted molar refractivity (Wildman–Crippen MR) is 80.4 cm³/mol. The van der Waals surface area contributed by atoms with Crippen molar-refractivity contribution in [3.05, 3.63) is 60.3 Å². The van der Waals surface area contributed by atoms with Gasteiger partial charge in [0.25, 0.3) is 0 Å². The topological polar surface area (TPSA) is 56.7 Å². The van der Waals surface area contributed by atoms with Crippen LogP contribution in [0, 0.1) is 0 Å². The summed E-state index contributed by atoms with van der Waals surface area (Å²) < 4.78 is 2.18. The maximum atomic E-state index is 5.88. The van der Waals surface area contributed by atoms with Crippen molar-refractivity contribution in [1.29, 1.82) is 0 Å². The summed E-state index contributed by atoms with van der Waals surface area (Å²) in [5, 5.41) is 1.23. The van der Waals surface area contributed by atoms with E-state index < -0.39 is 0 Å². The number of fused-ring (bicyclic) bond motifs is 1. The molecule has 0 bridgehead atoms. The Hall–Kier alpha value is -2.20. The zero-order valence-corrected chi connectivity index (χ0v) is 11.5. The van der Waals surface area contributed by atoms with Crippen molar-refractivity contribution in [2.45, 2.75) is 25.9 Å². The summed E-state index contributed by atoms with van der Waals surface area (Å²) in [6.07, 6.45) is 6.52. The first-order chi connectivity index (χ1) is 9.72. The first-order valence-corrected chi connectivity index (χ1v) is 6.81. The molecule has 0 spiro atoms. The van der Waals surface area contributed by atoms with Crippen LogP contribution in [-0.2, 0) is 13.0 Å². The Balaban J connectivity index is 1.94. The van der Waals surface area contributed by atoms with Crippen LogP contribution in [0.3, 0.4) is 0 Å². The third-order valence-electron chi connectivity index (χ3n) is 3.33. The van der Waals surface area contributed by atoms with Crippen molar-refractivity contribution in [2.24, 2.45) is 5.73 Å². The van der Waals surface area contributed by atoms with Crippen LogP contribution in [0.15, 0.2) is 48.9 Å². The number of rotatable bonds is 4. The Labute approximate surface area is 118 Å². The Kier molecular flexibility index (Phi) is 3.48. The van der Waals surface area contributed by atoms with Crippen LogP contribution >= 0.6 is 0 Å². The van der Waals surface area contributed by atoms with Gasteiger partial charge in [-0.3, -0.25) is 0 Å². The number of aromatic nitrogens is 3. The van der Waals surface area contributed by atoms with Gasteiger partial charge in [-0.2, -0.15) is 0 Å². The van der Waals surface area contributed by atoms with Crippen molar-refractivity contribution in [3.63, 3.8) is 0 Å². The van der Waals surface area contributed by atoms with Crippen LogP contribution in [0.25, 0.3) is 10.9 Å². The summed E-state index contributed by atoms with van der Waals surface area (Å²) >= 11 is 0. The van der Waals surface area contributed by atoms with Crippen LogP contribution < -0.4 is 5.73 Å². The van der Waals surface area contributed by atoms with Gasteiger partial charge in [-0.1, -0.05) is 12.1 Å². The first-order valence-electron chi connectivity index (χ1n) is 6.81. The van der Waals surface area contributed by atoms with Gasteiger partial charge in [0, 0.05) is 30.1 Å². The van der Waals surface area contributed by atoms with Gasteiger partial charge in [-0.15, -0.1) is 0 Å². The van der Waals surface area contributed by atoms with E-state index in [-0.39, 0.29) is 6.04 Å². The molecule has 4 heteroatoms. The lowest BCUT2D eigenvalue weighted by Gasteiger charge is -2.08. The van der Waals surface area contributed by atoms with Gasteiger partial charge in [0.2, 0.25) is 0 Å². The molecule has 2 heterocycles. The molecule has 1 unspecified atom stereocenters. The minimum absolute atomic E-state index is 0.174. The van der Waals surface area contributed by atoms with E-state index in [1.165, 1.54) is 16.5 Å². The number of hydrogen-bond acceptors (Lipinski definition) is 3. The highest BCUT2D eigenvalue weighted by molar-refractivity contribution is 5.80. The molecule has 1 aromatic carbocycles. The fourth-order valence-electron chi connectivity index (χ4n) is 2.43. The van der Waals surface area contributed by atoms with Gasteiger partial charge in [0.1, 0.15) is 5.82 Å². The standard InChI is InChI=1S/C16H18N4/c1-12(17)9-13-3-4-14-5-8-20(15(14)10-13)11-16-18-6-2-7-19-16/h2-8,10,12H,9,11,17H2,1H3. The van der Waals surface area contributed by atoms with E-state index in [1.807, 2.05) is 13.0 Å². The second-order valence-corrected chi connectivity index (χ2v) is 5.18. The molecule has 0 aliphatic carbocycles. The quantitative estimate of drug-likeness (QED) is 0.788. The molecule has 0 aliphatic heterocycles. The minimum atomic E-state index is 0.174. The van der Waals surface area contributed by atoms with Crippen LogP contribution in [-0.4, -0.2) is 20.6 Å². The maximum absolute atomic E-state index is 5.88. The fourth-order valence-corrected chi connectivity index (χ4v) is 2.43. The summed E-state index contributed by atoms with van der Waals surface area (Å²) in [6, 6.07) is 10.6. The van der Waals surface area contributed by atoms with Crippen molar-refractivity contribution >= 4 is 10.9 Å². The normalized spacial score (nSPS) is 12.7. The summed E-state index contributed by atoms with van der Waals surface area (Å²) in [5.41, 5.74) is 8.35. The van der Waals surface area contributed by atoms with Crippen molar-refractivity contribution in [2.75, 3.05) is 0 Å². The summed E-state index contributed by atoms with van der Waals surface area (Å²) in [7, 11) is 0. The second-order valence-electron chi connectivity index (χ2n) is 5.18. The second kappa shape index (κ2) is 5.43. The highest BCUT2D eigenvalue weighted by Gasteiger charge is 2.05. The van der Waals surface area contributed by atoms with Crippen molar-refractivity contribution in [1.82, 2.24) is 14.5 Å². The average Bonchev–Trinajstić information content (AvgIpc) is 2.82. The van der Waals surface area contributed by atoms with Crippen molar-refractivity contribution in [3.8, 4) is 0 Å². The van der Waals surface area contributed by atoms with E-state index in [1.54, 1.807) is 12.4 Å². The summed E-state index contributed by atoms with van der Waals surface area (Å²) in [5.74, 6) is 0.822. The molecule has 0 saturated carbocycles. The summed E-state index contributed by atoms with van der Waals surface area (Å²) in [4.78, 5) is 8.56. The van der Waals surface area contributed by atoms with E-state index in [4.69, 9.17) is 5.73 Å². The lowest BCUT2D eigenvalue weighted by atomic mass is 10.1. The highest BCUT2D eigenvalue weighted by Crippen LogP contribution is 2.19. The molecule has 0 saturated heterocycles. The van der Waals surface area contributed by atoms with Crippen LogP contribution in [0.4, 0.5) is 0 Å².